The molecule has 1 fully saturated rings. The molecule has 182 valence electrons. The maximum Gasteiger partial charge on any atom is 0.284 e. The molecule has 4 aromatic heterocycles. The number of thioether (sulfide) groups is 1. The Morgan fingerprint density at radius 1 is 1.22 bits per heavy atom. The molecular formula is C23H18ClFN8O2S. The molecule has 0 aliphatic carbocycles. The fraction of sp³-hybridized carbons (Fsp3) is 0.217. The van der Waals surface area contributed by atoms with Gasteiger partial charge in [0.2, 0.25) is 0 Å². The van der Waals surface area contributed by atoms with Crippen LogP contribution in [0.4, 0.5) is 10.2 Å². The highest BCUT2D eigenvalue weighted by Crippen LogP contribution is 2.37. The number of halogens is 2. The van der Waals surface area contributed by atoms with Crippen molar-refractivity contribution in [3.8, 4) is 5.69 Å². The van der Waals surface area contributed by atoms with Gasteiger partial charge in [0.05, 0.1) is 23.1 Å². The van der Waals surface area contributed by atoms with Crippen LogP contribution in [0, 0.1) is 5.82 Å². The van der Waals surface area contributed by atoms with Crippen LogP contribution in [-0.2, 0) is 0 Å². The first-order chi connectivity index (χ1) is 17.5. The molecule has 10 nitrogen and oxygen atoms in total. The van der Waals surface area contributed by atoms with Crippen molar-refractivity contribution in [3.63, 3.8) is 0 Å². The monoisotopic (exact) mass is 524 g/mol. The molecule has 1 aliphatic heterocycles. The summed E-state index contributed by atoms with van der Waals surface area (Å²) >= 11 is 7.63. The summed E-state index contributed by atoms with van der Waals surface area (Å²) in [5, 5.41) is 5.71. The van der Waals surface area contributed by atoms with Gasteiger partial charge in [-0.25, -0.2) is 23.9 Å². The number of aromatic amines is 1. The molecule has 0 spiro atoms. The van der Waals surface area contributed by atoms with Gasteiger partial charge in [0, 0.05) is 12.7 Å². The maximum absolute atomic E-state index is 14.2. The van der Waals surface area contributed by atoms with E-state index in [2.05, 4.69) is 19.9 Å². The van der Waals surface area contributed by atoms with Gasteiger partial charge in [-0.05, 0) is 43.4 Å². The summed E-state index contributed by atoms with van der Waals surface area (Å²) in [6, 6.07) is 6.90. The van der Waals surface area contributed by atoms with Gasteiger partial charge in [0.15, 0.2) is 16.6 Å². The third-order valence-electron chi connectivity index (χ3n) is 6.19. The fourth-order valence-corrected chi connectivity index (χ4v) is 5.23. The van der Waals surface area contributed by atoms with E-state index >= 15 is 0 Å². The summed E-state index contributed by atoms with van der Waals surface area (Å²) in [5.74, 6) is 0.298. The Bertz CT molecular complexity index is 1770. The zero-order valence-electron chi connectivity index (χ0n) is 18.9. The lowest BCUT2D eigenvalue weighted by Gasteiger charge is -2.28. The van der Waals surface area contributed by atoms with Crippen molar-refractivity contribution in [2.75, 3.05) is 17.7 Å². The number of fused-ring (bicyclic) bond motifs is 2. The molecule has 1 aromatic carbocycles. The average Bonchev–Trinajstić information content (AvgIpc) is 3.50. The SMILES string of the molecule is CSc1nc(N2CCC[C@H]2c2nn3ccc(Cl)c3c(=O)n2-c2cccc(F)c2)c2c(=O)[nH]cnc2n1. The topological polar surface area (TPSA) is 114 Å². The van der Waals surface area contributed by atoms with Crippen LogP contribution < -0.4 is 16.0 Å². The standard InChI is InChI=1S/C23H18ClFN8O2S/c1-36-23-28-18-16(21(34)27-11-26-18)20(29-23)31-8-3-6-15(31)19-30-32-9-7-14(24)17(32)22(35)33(19)13-5-2-4-12(25)10-13/h2,4-5,7,9-11,15H,3,6,8H2,1H3,(H,26,27,28,29,34)/t15-/m0/s1. The van der Waals surface area contributed by atoms with Gasteiger partial charge in [-0.2, -0.15) is 5.10 Å². The average molecular weight is 525 g/mol. The minimum absolute atomic E-state index is 0.187. The van der Waals surface area contributed by atoms with Gasteiger partial charge < -0.3 is 9.88 Å². The molecule has 5 heterocycles. The lowest BCUT2D eigenvalue weighted by molar-refractivity contribution is 0.595. The number of H-pyrrole nitrogens is 1. The van der Waals surface area contributed by atoms with Gasteiger partial charge >= 0.3 is 0 Å². The Morgan fingerprint density at radius 3 is 2.89 bits per heavy atom. The van der Waals surface area contributed by atoms with Gasteiger partial charge in [-0.15, -0.1) is 0 Å². The molecule has 0 saturated carbocycles. The number of rotatable bonds is 4. The number of anilines is 1. The summed E-state index contributed by atoms with van der Waals surface area (Å²) in [6.45, 7) is 0.558. The molecule has 0 radical (unpaired) electrons. The molecule has 0 amide bonds. The maximum atomic E-state index is 14.2. The fourth-order valence-electron chi connectivity index (χ4n) is 4.65. The minimum atomic E-state index is -0.487. The number of nitrogens with zero attached hydrogens (tertiary/aromatic N) is 7. The third-order valence-corrected chi connectivity index (χ3v) is 7.05. The van der Waals surface area contributed by atoms with E-state index in [1.54, 1.807) is 18.3 Å². The normalized spacial score (nSPS) is 15.9. The number of benzene rings is 1. The Kier molecular flexibility index (Phi) is 5.49. The van der Waals surface area contributed by atoms with Crippen molar-refractivity contribution in [3.05, 3.63) is 80.2 Å². The van der Waals surface area contributed by atoms with Crippen molar-refractivity contribution in [1.29, 1.82) is 0 Å². The molecule has 1 saturated heterocycles. The molecule has 0 unspecified atom stereocenters. The molecule has 6 rings (SSSR count). The molecule has 0 bridgehead atoms. The Balaban J connectivity index is 1.63. The number of nitrogens with one attached hydrogen (secondary N) is 1. The van der Waals surface area contributed by atoms with Crippen molar-refractivity contribution in [2.45, 2.75) is 24.0 Å². The van der Waals surface area contributed by atoms with E-state index in [9.17, 15) is 14.0 Å². The smallest absolute Gasteiger partial charge is 0.284 e. The van der Waals surface area contributed by atoms with E-state index in [0.717, 1.165) is 6.42 Å². The van der Waals surface area contributed by atoms with Crippen molar-refractivity contribution in [2.24, 2.45) is 0 Å². The van der Waals surface area contributed by atoms with Crippen LogP contribution in [0.5, 0.6) is 0 Å². The molecular weight excluding hydrogens is 507 g/mol. The first kappa shape index (κ1) is 22.7. The first-order valence-corrected chi connectivity index (χ1v) is 12.7. The van der Waals surface area contributed by atoms with E-state index in [0.29, 0.717) is 35.5 Å². The van der Waals surface area contributed by atoms with Gasteiger partial charge in [0.1, 0.15) is 22.5 Å². The predicted molar refractivity (Wildman–Crippen MR) is 135 cm³/mol. The van der Waals surface area contributed by atoms with E-state index < -0.39 is 17.4 Å². The predicted octanol–water partition coefficient (Wildman–Crippen LogP) is 3.37. The molecule has 5 aromatic rings. The molecule has 36 heavy (non-hydrogen) atoms. The number of hydrogen-bond acceptors (Lipinski definition) is 8. The highest BCUT2D eigenvalue weighted by atomic mass is 35.5. The summed E-state index contributed by atoms with van der Waals surface area (Å²) < 4.78 is 17.0. The van der Waals surface area contributed by atoms with Gasteiger partial charge in [-0.3, -0.25) is 14.2 Å². The van der Waals surface area contributed by atoms with Crippen molar-refractivity contribution < 1.29 is 4.39 Å². The lowest BCUT2D eigenvalue weighted by atomic mass is 10.2. The minimum Gasteiger partial charge on any atom is -0.345 e. The zero-order valence-corrected chi connectivity index (χ0v) is 20.4. The van der Waals surface area contributed by atoms with E-state index in [1.807, 2.05) is 11.2 Å². The second kappa shape index (κ2) is 8.71. The van der Waals surface area contributed by atoms with E-state index in [-0.39, 0.29) is 27.1 Å². The molecule has 1 aliphatic rings. The summed E-state index contributed by atoms with van der Waals surface area (Å²) in [7, 11) is 0. The van der Waals surface area contributed by atoms with Crippen molar-refractivity contribution in [1.82, 2.24) is 34.1 Å². The van der Waals surface area contributed by atoms with Gasteiger partial charge in [-0.1, -0.05) is 29.4 Å². The van der Waals surface area contributed by atoms with E-state index in [1.165, 1.54) is 45.4 Å². The van der Waals surface area contributed by atoms with Gasteiger partial charge in [0.25, 0.3) is 11.1 Å². The summed E-state index contributed by atoms with van der Waals surface area (Å²) in [6.07, 6.45) is 6.14. The van der Waals surface area contributed by atoms with Crippen LogP contribution in [0.2, 0.25) is 5.02 Å². The zero-order chi connectivity index (χ0) is 25.0. The van der Waals surface area contributed by atoms with Crippen LogP contribution in [0.25, 0.3) is 22.2 Å². The molecule has 1 atom stereocenters. The van der Waals surface area contributed by atoms with E-state index in [4.69, 9.17) is 16.7 Å². The van der Waals surface area contributed by atoms with Crippen LogP contribution in [0.1, 0.15) is 24.7 Å². The van der Waals surface area contributed by atoms with Crippen LogP contribution in [-0.4, -0.2) is 46.9 Å². The Hall–Kier alpha value is -3.77. The molecule has 13 heteroatoms. The second-order valence-electron chi connectivity index (χ2n) is 8.25. The quantitative estimate of drug-likeness (QED) is 0.281. The largest absolute Gasteiger partial charge is 0.345 e. The molecule has 1 N–H and O–H groups in total. The number of aromatic nitrogens is 7. The second-order valence-corrected chi connectivity index (χ2v) is 9.43. The number of hydrogen-bond donors (Lipinski definition) is 1. The Labute approximate surface area is 211 Å². The lowest BCUT2D eigenvalue weighted by Crippen LogP contribution is -2.34. The summed E-state index contributed by atoms with van der Waals surface area (Å²) in [5.41, 5.74) is 0.000570. The van der Waals surface area contributed by atoms with Crippen LogP contribution in [0.3, 0.4) is 0 Å². The first-order valence-electron chi connectivity index (χ1n) is 11.1. The van der Waals surface area contributed by atoms with Crippen LogP contribution in [0.15, 0.2) is 57.6 Å². The highest BCUT2D eigenvalue weighted by Gasteiger charge is 2.34. The third kappa shape index (κ3) is 3.56. The van der Waals surface area contributed by atoms with Crippen LogP contribution >= 0.6 is 23.4 Å². The van der Waals surface area contributed by atoms with Crippen molar-refractivity contribution >= 4 is 45.7 Å². The highest BCUT2D eigenvalue weighted by molar-refractivity contribution is 7.98. The Morgan fingerprint density at radius 2 is 2.08 bits per heavy atom. The summed E-state index contributed by atoms with van der Waals surface area (Å²) in [4.78, 5) is 44.3.